The van der Waals surface area contributed by atoms with Crippen LogP contribution in [0.25, 0.3) is 0 Å². The molecule has 1 aliphatic heterocycles. The lowest BCUT2D eigenvalue weighted by Gasteiger charge is -2.32. The van der Waals surface area contributed by atoms with Crippen molar-refractivity contribution in [2.45, 2.75) is 12.3 Å². The van der Waals surface area contributed by atoms with Crippen molar-refractivity contribution in [1.29, 1.82) is 0 Å². The SMILES string of the molecule is CNC(=O)[C@@H]1CN(CC(F)(F)F)CCO1. The summed E-state index contributed by atoms with van der Waals surface area (Å²) in [5.74, 6) is -0.387. The first kappa shape index (κ1) is 12.3. The summed E-state index contributed by atoms with van der Waals surface area (Å²) < 4.78 is 41.3. The number of likely N-dealkylation sites (N-methyl/N-ethyl adjacent to an activating group) is 1. The smallest absolute Gasteiger partial charge is 0.366 e. The van der Waals surface area contributed by atoms with Gasteiger partial charge in [-0.15, -0.1) is 0 Å². The van der Waals surface area contributed by atoms with Crippen molar-refractivity contribution in [1.82, 2.24) is 10.2 Å². The van der Waals surface area contributed by atoms with E-state index in [0.717, 1.165) is 0 Å². The summed E-state index contributed by atoms with van der Waals surface area (Å²) in [6, 6.07) is 0. The summed E-state index contributed by atoms with van der Waals surface area (Å²) in [6.45, 7) is -0.662. The zero-order valence-corrected chi connectivity index (χ0v) is 8.30. The van der Waals surface area contributed by atoms with E-state index in [-0.39, 0.29) is 25.6 Å². The minimum Gasteiger partial charge on any atom is -0.366 e. The molecular formula is C8H13F3N2O2. The number of morpholine rings is 1. The third kappa shape index (κ3) is 4.05. The monoisotopic (exact) mass is 226 g/mol. The number of nitrogens with zero attached hydrogens (tertiary/aromatic N) is 1. The van der Waals surface area contributed by atoms with Crippen molar-refractivity contribution in [3.8, 4) is 0 Å². The Kier molecular flexibility index (Phi) is 3.92. The zero-order valence-electron chi connectivity index (χ0n) is 8.30. The van der Waals surface area contributed by atoms with Crippen LogP contribution in [0.3, 0.4) is 0 Å². The summed E-state index contributed by atoms with van der Waals surface area (Å²) in [4.78, 5) is 12.3. The van der Waals surface area contributed by atoms with Crippen molar-refractivity contribution in [2.75, 3.05) is 33.3 Å². The van der Waals surface area contributed by atoms with Gasteiger partial charge in [0, 0.05) is 20.1 Å². The van der Waals surface area contributed by atoms with Gasteiger partial charge < -0.3 is 10.1 Å². The molecule has 0 aromatic carbocycles. The molecular weight excluding hydrogens is 213 g/mol. The molecule has 1 heterocycles. The highest BCUT2D eigenvalue weighted by Crippen LogP contribution is 2.18. The van der Waals surface area contributed by atoms with Gasteiger partial charge in [-0.2, -0.15) is 13.2 Å². The second-order valence-electron chi connectivity index (χ2n) is 3.32. The fraction of sp³-hybridized carbons (Fsp3) is 0.875. The summed E-state index contributed by atoms with van der Waals surface area (Å²) in [5, 5.41) is 2.35. The molecule has 0 aromatic rings. The maximum absolute atomic E-state index is 12.1. The van der Waals surface area contributed by atoms with E-state index >= 15 is 0 Å². The van der Waals surface area contributed by atoms with Crippen LogP contribution in [0.4, 0.5) is 13.2 Å². The lowest BCUT2D eigenvalue weighted by atomic mass is 10.2. The van der Waals surface area contributed by atoms with Gasteiger partial charge in [0.15, 0.2) is 0 Å². The van der Waals surface area contributed by atoms with Gasteiger partial charge >= 0.3 is 6.18 Å². The molecule has 0 aromatic heterocycles. The van der Waals surface area contributed by atoms with E-state index in [1.807, 2.05) is 0 Å². The van der Waals surface area contributed by atoms with E-state index in [1.54, 1.807) is 0 Å². The highest BCUT2D eigenvalue weighted by atomic mass is 19.4. The highest BCUT2D eigenvalue weighted by Gasteiger charge is 2.34. The van der Waals surface area contributed by atoms with Crippen molar-refractivity contribution in [3.63, 3.8) is 0 Å². The number of rotatable bonds is 2. The molecule has 1 aliphatic rings. The molecule has 1 rings (SSSR count). The quantitative estimate of drug-likeness (QED) is 0.720. The zero-order chi connectivity index (χ0) is 11.5. The second-order valence-corrected chi connectivity index (χ2v) is 3.32. The Morgan fingerprint density at radius 1 is 1.60 bits per heavy atom. The first-order valence-corrected chi connectivity index (χ1v) is 4.54. The van der Waals surface area contributed by atoms with Crippen molar-refractivity contribution >= 4 is 5.91 Å². The maximum atomic E-state index is 12.1. The Labute approximate surface area is 85.4 Å². The van der Waals surface area contributed by atoms with Gasteiger partial charge in [-0.1, -0.05) is 0 Å². The van der Waals surface area contributed by atoms with Gasteiger partial charge in [0.05, 0.1) is 13.2 Å². The van der Waals surface area contributed by atoms with Crippen LogP contribution in [-0.4, -0.2) is 56.4 Å². The molecule has 88 valence electrons. The molecule has 1 N–H and O–H groups in total. The van der Waals surface area contributed by atoms with Crippen LogP contribution >= 0.6 is 0 Å². The summed E-state index contributed by atoms with van der Waals surface area (Å²) in [5.41, 5.74) is 0. The number of ether oxygens (including phenoxy) is 1. The van der Waals surface area contributed by atoms with Crippen LogP contribution in [0.1, 0.15) is 0 Å². The van der Waals surface area contributed by atoms with Gasteiger partial charge in [-0.05, 0) is 0 Å². The second kappa shape index (κ2) is 4.80. The minimum atomic E-state index is -4.23. The van der Waals surface area contributed by atoms with E-state index in [4.69, 9.17) is 4.74 Å². The van der Waals surface area contributed by atoms with E-state index in [0.29, 0.717) is 0 Å². The molecule has 15 heavy (non-hydrogen) atoms. The van der Waals surface area contributed by atoms with Gasteiger partial charge in [0.2, 0.25) is 5.91 Å². The molecule has 1 atom stereocenters. The Bertz CT molecular complexity index is 232. The fourth-order valence-corrected chi connectivity index (χ4v) is 1.42. The highest BCUT2D eigenvalue weighted by molar-refractivity contribution is 5.80. The molecule has 7 heteroatoms. The number of carbonyl (C=O) groups is 1. The third-order valence-corrected chi connectivity index (χ3v) is 2.09. The number of hydrogen-bond acceptors (Lipinski definition) is 3. The number of hydrogen-bond donors (Lipinski definition) is 1. The molecule has 0 aliphatic carbocycles. The number of alkyl halides is 3. The average Bonchev–Trinajstić information content (AvgIpc) is 2.14. The molecule has 1 fully saturated rings. The largest absolute Gasteiger partial charge is 0.401 e. The predicted molar refractivity (Wildman–Crippen MR) is 46.3 cm³/mol. The molecule has 0 unspecified atom stereocenters. The Morgan fingerprint density at radius 3 is 2.80 bits per heavy atom. The van der Waals surface area contributed by atoms with Crippen LogP contribution in [0, 0.1) is 0 Å². The lowest BCUT2D eigenvalue weighted by molar-refractivity contribution is -0.164. The van der Waals surface area contributed by atoms with Crippen LogP contribution in [-0.2, 0) is 9.53 Å². The van der Waals surface area contributed by atoms with E-state index < -0.39 is 18.8 Å². The van der Waals surface area contributed by atoms with Gasteiger partial charge in [0.25, 0.3) is 0 Å². The van der Waals surface area contributed by atoms with Crippen LogP contribution in [0.5, 0.6) is 0 Å². The standard InChI is InChI=1S/C8H13F3N2O2/c1-12-7(14)6-4-13(2-3-15-6)5-8(9,10)11/h6H,2-5H2,1H3,(H,12,14)/t6-/m0/s1. The molecule has 4 nitrogen and oxygen atoms in total. The Hall–Kier alpha value is -0.820. The summed E-state index contributed by atoms with van der Waals surface area (Å²) in [6.07, 6.45) is -5.03. The van der Waals surface area contributed by atoms with Gasteiger partial charge in [-0.25, -0.2) is 0 Å². The van der Waals surface area contributed by atoms with Gasteiger partial charge in [0.1, 0.15) is 6.10 Å². The minimum absolute atomic E-state index is 0.0147. The lowest BCUT2D eigenvalue weighted by Crippen LogP contribution is -2.51. The molecule has 0 saturated carbocycles. The Balaban J connectivity index is 2.46. The topological polar surface area (TPSA) is 41.6 Å². The molecule has 1 amide bonds. The molecule has 0 radical (unpaired) electrons. The maximum Gasteiger partial charge on any atom is 0.401 e. The third-order valence-electron chi connectivity index (χ3n) is 2.09. The number of carbonyl (C=O) groups excluding carboxylic acids is 1. The molecule has 1 saturated heterocycles. The van der Waals surface area contributed by atoms with E-state index in [2.05, 4.69) is 5.32 Å². The van der Waals surface area contributed by atoms with E-state index in [9.17, 15) is 18.0 Å². The molecule has 0 spiro atoms. The van der Waals surface area contributed by atoms with Crippen molar-refractivity contribution in [2.24, 2.45) is 0 Å². The number of amides is 1. The summed E-state index contributed by atoms with van der Waals surface area (Å²) in [7, 11) is 1.42. The van der Waals surface area contributed by atoms with Crippen LogP contribution < -0.4 is 5.32 Å². The van der Waals surface area contributed by atoms with Crippen molar-refractivity contribution in [3.05, 3.63) is 0 Å². The summed E-state index contributed by atoms with van der Waals surface area (Å²) >= 11 is 0. The van der Waals surface area contributed by atoms with Gasteiger partial charge in [-0.3, -0.25) is 9.69 Å². The predicted octanol–water partition coefficient (Wildman–Crippen LogP) is -0.00450. The van der Waals surface area contributed by atoms with E-state index in [1.165, 1.54) is 11.9 Å². The molecule has 0 bridgehead atoms. The Morgan fingerprint density at radius 2 is 2.27 bits per heavy atom. The van der Waals surface area contributed by atoms with Crippen molar-refractivity contribution < 1.29 is 22.7 Å². The van der Waals surface area contributed by atoms with Crippen LogP contribution in [0.2, 0.25) is 0 Å². The first-order valence-electron chi connectivity index (χ1n) is 4.54. The fourth-order valence-electron chi connectivity index (χ4n) is 1.42. The number of nitrogens with one attached hydrogen (secondary N) is 1. The first-order chi connectivity index (χ1) is 6.92. The average molecular weight is 226 g/mol. The normalized spacial score (nSPS) is 23.9. The van der Waals surface area contributed by atoms with Crippen LogP contribution in [0.15, 0.2) is 0 Å². The number of halogens is 3.